The zero-order valence-electron chi connectivity index (χ0n) is 10.6. The largest absolute Gasteiger partial charge is 0.497 e. The number of hydrogen-bond donors (Lipinski definition) is 0. The summed E-state index contributed by atoms with van der Waals surface area (Å²) in [6, 6.07) is 12.4. The van der Waals surface area contributed by atoms with E-state index in [9.17, 15) is 4.79 Å². The van der Waals surface area contributed by atoms with Crippen LogP contribution in [0.5, 0.6) is 11.5 Å². The molecule has 0 aromatic heterocycles. The summed E-state index contributed by atoms with van der Waals surface area (Å²) in [5.74, 6) is 1.10. The molecule has 0 saturated heterocycles. The zero-order valence-corrected chi connectivity index (χ0v) is 12.2. The van der Waals surface area contributed by atoms with Gasteiger partial charge in [-0.15, -0.1) is 0 Å². The number of benzene rings is 2. The molecule has 0 radical (unpaired) electrons. The zero-order chi connectivity index (χ0) is 13.8. The summed E-state index contributed by atoms with van der Waals surface area (Å²) in [4.78, 5) is 12.5. The smallest absolute Gasteiger partial charge is 0.196 e. The van der Waals surface area contributed by atoms with Crippen LogP contribution in [0.25, 0.3) is 0 Å². The summed E-state index contributed by atoms with van der Waals surface area (Å²) < 4.78 is 11.2. The number of halogens is 1. The number of carbonyl (C=O) groups excluding carboxylic acids is 1. The lowest BCUT2D eigenvalue weighted by Crippen LogP contribution is -2.04. The van der Waals surface area contributed by atoms with E-state index in [2.05, 4.69) is 15.9 Å². The second-order valence-electron chi connectivity index (χ2n) is 3.91. The van der Waals surface area contributed by atoms with Gasteiger partial charge in [0, 0.05) is 10.0 Å². The average molecular weight is 321 g/mol. The molecule has 0 aliphatic rings. The van der Waals surface area contributed by atoms with Crippen LogP contribution in [0.3, 0.4) is 0 Å². The molecule has 0 atom stereocenters. The van der Waals surface area contributed by atoms with Gasteiger partial charge in [0.05, 0.1) is 19.8 Å². The molecule has 4 heteroatoms. The van der Waals surface area contributed by atoms with E-state index in [0.717, 1.165) is 4.47 Å². The van der Waals surface area contributed by atoms with E-state index in [0.29, 0.717) is 22.6 Å². The van der Waals surface area contributed by atoms with Gasteiger partial charge in [-0.25, -0.2) is 0 Å². The molecule has 98 valence electrons. The van der Waals surface area contributed by atoms with Crippen molar-refractivity contribution in [3.8, 4) is 11.5 Å². The van der Waals surface area contributed by atoms with E-state index in [1.165, 1.54) is 0 Å². The quantitative estimate of drug-likeness (QED) is 0.806. The van der Waals surface area contributed by atoms with Crippen LogP contribution in [-0.2, 0) is 0 Å². The van der Waals surface area contributed by atoms with Crippen molar-refractivity contribution in [2.45, 2.75) is 0 Å². The van der Waals surface area contributed by atoms with Crippen LogP contribution >= 0.6 is 15.9 Å². The van der Waals surface area contributed by atoms with Crippen molar-refractivity contribution in [1.82, 2.24) is 0 Å². The number of rotatable bonds is 4. The molecule has 0 bridgehead atoms. The Bertz CT molecular complexity index is 608. The van der Waals surface area contributed by atoms with Crippen LogP contribution < -0.4 is 9.47 Å². The van der Waals surface area contributed by atoms with Crippen molar-refractivity contribution >= 4 is 21.7 Å². The fourth-order valence-corrected chi connectivity index (χ4v) is 2.14. The topological polar surface area (TPSA) is 35.5 Å². The highest BCUT2D eigenvalue weighted by atomic mass is 79.9. The molecule has 0 unspecified atom stereocenters. The van der Waals surface area contributed by atoms with Gasteiger partial charge in [0.1, 0.15) is 11.5 Å². The Morgan fingerprint density at radius 2 is 1.84 bits per heavy atom. The maximum atomic E-state index is 12.5. The van der Waals surface area contributed by atoms with Gasteiger partial charge in [0.2, 0.25) is 0 Å². The third-order valence-electron chi connectivity index (χ3n) is 2.74. The number of ketones is 1. The van der Waals surface area contributed by atoms with Crippen molar-refractivity contribution in [3.05, 3.63) is 58.1 Å². The molecule has 2 rings (SSSR count). The molecule has 0 aliphatic carbocycles. The second-order valence-corrected chi connectivity index (χ2v) is 4.82. The maximum absolute atomic E-state index is 12.5. The summed E-state index contributed by atoms with van der Waals surface area (Å²) in [6.45, 7) is 0. The summed E-state index contributed by atoms with van der Waals surface area (Å²) >= 11 is 3.36. The molecule has 2 aromatic carbocycles. The van der Waals surface area contributed by atoms with Crippen molar-refractivity contribution in [2.24, 2.45) is 0 Å². The van der Waals surface area contributed by atoms with Gasteiger partial charge in [-0.3, -0.25) is 4.79 Å². The lowest BCUT2D eigenvalue weighted by Gasteiger charge is -2.09. The normalized spacial score (nSPS) is 10.1. The van der Waals surface area contributed by atoms with Crippen molar-refractivity contribution in [2.75, 3.05) is 14.2 Å². The molecule has 0 heterocycles. The first-order valence-corrected chi connectivity index (χ1v) is 6.47. The fourth-order valence-electron chi connectivity index (χ4n) is 1.78. The van der Waals surface area contributed by atoms with E-state index >= 15 is 0 Å². The molecule has 2 aromatic rings. The maximum Gasteiger partial charge on any atom is 0.196 e. The van der Waals surface area contributed by atoms with E-state index in [4.69, 9.17) is 9.47 Å². The third-order valence-corrected chi connectivity index (χ3v) is 3.23. The molecular weight excluding hydrogens is 308 g/mol. The highest BCUT2D eigenvalue weighted by Gasteiger charge is 2.15. The van der Waals surface area contributed by atoms with Gasteiger partial charge < -0.3 is 9.47 Å². The van der Waals surface area contributed by atoms with Crippen LogP contribution in [0.4, 0.5) is 0 Å². The lowest BCUT2D eigenvalue weighted by molar-refractivity contribution is 0.103. The predicted octanol–water partition coefficient (Wildman–Crippen LogP) is 3.70. The number of carbonyl (C=O) groups is 1. The number of ether oxygens (including phenoxy) is 2. The van der Waals surface area contributed by atoms with Gasteiger partial charge >= 0.3 is 0 Å². The molecular formula is C15H13BrO3. The van der Waals surface area contributed by atoms with Crippen LogP contribution in [0.1, 0.15) is 15.9 Å². The minimum Gasteiger partial charge on any atom is -0.497 e. The fraction of sp³-hybridized carbons (Fsp3) is 0.133. The Hall–Kier alpha value is -1.81. The molecule has 0 spiro atoms. The van der Waals surface area contributed by atoms with Crippen molar-refractivity contribution in [1.29, 1.82) is 0 Å². The minimum absolute atomic E-state index is 0.1000. The van der Waals surface area contributed by atoms with E-state index in [1.807, 2.05) is 6.07 Å². The van der Waals surface area contributed by atoms with Crippen molar-refractivity contribution < 1.29 is 14.3 Å². The summed E-state index contributed by atoms with van der Waals surface area (Å²) in [7, 11) is 3.12. The Labute approximate surface area is 120 Å². The second kappa shape index (κ2) is 5.89. The summed E-state index contributed by atoms with van der Waals surface area (Å²) in [5, 5.41) is 0. The molecule has 0 N–H and O–H groups in total. The van der Waals surface area contributed by atoms with E-state index in [1.54, 1.807) is 50.6 Å². The van der Waals surface area contributed by atoms with E-state index < -0.39 is 0 Å². The first kappa shape index (κ1) is 13.6. The van der Waals surface area contributed by atoms with Gasteiger partial charge in [0.25, 0.3) is 0 Å². The Balaban J connectivity index is 2.46. The monoisotopic (exact) mass is 320 g/mol. The number of methoxy groups -OCH3 is 2. The molecule has 0 saturated carbocycles. The highest BCUT2D eigenvalue weighted by molar-refractivity contribution is 9.10. The molecule has 3 nitrogen and oxygen atoms in total. The predicted molar refractivity (Wildman–Crippen MR) is 77.1 cm³/mol. The first-order valence-electron chi connectivity index (χ1n) is 5.68. The Morgan fingerprint density at radius 3 is 2.53 bits per heavy atom. The summed E-state index contributed by atoms with van der Waals surface area (Å²) in [6.07, 6.45) is 0. The number of hydrogen-bond acceptors (Lipinski definition) is 3. The third kappa shape index (κ3) is 2.96. The van der Waals surface area contributed by atoms with Crippen molar-refractivity contribution in [3.63, 3.8) is 0 Å². The van der Waals surface area contributed by atoms with Gasteiger partial charge in [-0.05, 0) is 30.3 Å². The SMILES string of the molecule is COc1cccc(C(=O)c2cc(Br)ccc2OC)c1. The Morgan fingerprint density at radius 1 is 1.05 bits per heavy atom. The minimum atomic E-state index is -0.1000. The van der Waals surface area contributed by atoms with Crippen LogP contribution in [0.15, 0.2) is 46.9 Å². The summed E-state index contributed by atoms with van der Waals surface area (Å²) in [5.41, 5.74) is 1.08. The standard InChI is InChI=1S/C15H13BrO3/c1-18-12-5-3-4-10(8-12)15(17)13-9-11(16)6-7-14(13)19-2/h3-9H,1-2H3. The Kier molecular flexibility index (Phi) is 4.22. The van der Waals surface area contributed by atoms with Crippen LogP contribution in [-0.4, -0.2) is 20.0 Å². The van der Waals surface area contributed by atoms with Gasteiger partial charge in [-0.2, -0.15) is 0 Å². The highest BCUT2D eigenvalue weighted by Crippen LogP contribution is 2.26. The molecule has 0 amide bonds. The van der Waals surface area contributed by atoms with E-state index in [-0.39, 0.29) is 5.78 Å². The lowest BCUT2D eigenvalue weighted by atomic mass is 10.0. The molecule has 19 heavy (non-hydrogen) atoms. The first-order chi connectivity index (χ1) is 9.15. The molecule has 0 aliphatic heterocycles. The van der Waals surface area contributed by atoms with Crippen LogP contribution in [0.2, 0.25) is 0 Å². The average Bonchev–Trinajstić information content (AvgIpc) is 2.46. The molecule has 0 fully saturated rings. The van der Waals surface area contributed by atoms with Crippen LogP contribution in [0, 0.1) is 0 Å². The van der Waals surface area contributed by atoms with Gasteiger partial charge in [-0.1, -0.05) is 28.1 Å². The van der Waals surface area contributed by atoms with Gasteiger partial charge in [0.15, 0.2) is 5.78 Å².